The van der Waals surface area contributed by atoms with Crippen LogP contribution in [-0.4, -0.2) is 138 Å². The Kier molecular flexibility index (Phi) is 92.3. The first kappa shape index (κ1) is 90.2. The molecular weight excluding hydrogens is 1730 g/mol. The van der Waals surface area contributed by atoms with E-state index in [1.54, 1.807) is 21.3 Å². The minimum atomic E-state index is -0.215. The molecule has 7 unspecified atom stereocenters. The molecule has 23 heteroatoms. The van der Waals surface area contributed by atoms with Gasteiger partial charge in [0.2, 0.25) is 0 Å². The van der Waals surface area contributed by atoms with Crippen LogP contribution in [-0.2, 0) is 276 Å². The van der Waals surface area contributed by atoms with Gasteiger partial charge in [-0.1, -0.05) is 49.0 Å². The fourth-order valence-electron chi connectivity index (χ4n) is 4.75. The van der Waals surface area contributed by atoms with Crippen molar-refractivity contribution in [1.29, 1.82) is 0 Å². The van der Waals surface area contributed by atoms with Gasteiger partial charge in [-0.2, -0.15) is 11.8 Å². The quantitative estimate of drug-likeness (QED) is 0.158. The Morgan fingerprint density at radius 1 is 0.667 bits per heavy atom. The van der Waals surface area contributed by atoms with E-state index in [9.17, 15) is 0 Å². The van der Waals surface area contributed by atoms with Gasteiger partial charge in [-0.25, -0.2) is 0 Å². The average Bonchev–Trinajstić information content (AvgIpc) is 3.62. The van der Waals surface area contributed by atoms with E-state index in [1.165, 1.54) is 0 Å². The number of hydrogen-bond donors (Lipinski definition) is 0. The molecule has 54 heavy (non-hydrogen) atoms. The van der Waals surface area contributed by atoms with Gasteiger partial charge in [0.15, 0.2) is 0 Å². The van der Waals surface area contributed by atoms with E-state index >= 15 is 0 Å². The zero-order chi connectivity index (χ0) is 34.0. The van der Waals surface area contributed by atoms with Crippen molar-refractivity contribution in [1.82, 2.24) is 0 Å². The molecule has 4 aliphatic heterocycles. The summed E-state index contributed by atoms with van der Waals surface area (Å²) >= 11 is 2.60. The van der Waals surface area contributed by atoms with Crippen LogP contribution in [0.2, 0.25) is 0 Å². The van der Waals surface area contributed by atoms with Crippen LogP contribution in [0.4, 0.5) is 0 Å². The predicted octanol–water partition coefficient (Wildman–Crippen LogP) is 4.68. The third-order valence-electron chi connectivity index (χ3n) is 7.47. The van der Waals surface area contributed by atoms with Gasteiger partial charge in [-0.15, -0.1) is 0 Å². The SMILES string of the molecule is C=II.[B][C@@H]1O[C@H](COC)[CH-]C1C.[B][C@@H]1O[C@H](COPC)[CH-]C1C.[B][C@@H]1O[C@H]([CH2-])C(OC)C1C.[B][C@@H]1O[C@H]([CH2-])C(OC)C1C.[CH3-].[CH3-].[W+2].[W+2].[Y].[Y].[Y].[Y].[Y].[Y]. The second kappa shape index (κ2) is 55.3. The van der Waals surface area contributed by atoms with Crippen molar-refractivity contribution in [2.75, 3.05) is 41.2 Å². The Bertz CT molecular complexity index is 735. The molecule has 4 aliphatic rings. The Balaban J connectivity index is -0.0000000467. The number of rotatable bonds is 7. The number of ether oxygens (including phenoxy) is 7. The maximum atomic E-state index is 5.63. The van der Waals surface area contributed by atoms with Gasteiger partial charge in [0, 0.05) is 252 Å². The van der Waals surface area contributed by atoms with Crippen molar-refractivity contribution in [3.8, 4) is 0 Å². The van der Waals surface area contributed by atoms with Crippen LogP contribution in [0.25, 0.3) is 0 Å². The first-order chi connectivity index (χ1) is 20.7. The molecule has 14 radical (unpaired) electrons. The molecule has 0 N–H and O–H groups in total. The third kappa shape index (κ3) is 38.6. The van der Waals surface area contributed by atoms with Crippen molar-refractivity contribution < 1.29 is 276 Å². The van der Waals surface area contributed by atoms with Gasteiger partial charge < -0.3 is 66.4 Å². The fourth-order valence-corrected chi connectivity index (χ4v) is 5.08. The molecule has 0 spiro atoms. The van der Waals surface area contributed by atoms with Crippen LogP contribution in [0.1, 0.15) is 27.7 Å². The van der Waals surface area contributed by atoms with E-state index in [0.29, 0.717) is 50.6 Å². The van der Waals surface area contributed by atoms with E-state index in [0.717, 1.165) is 0 Å². The van der Waals surface area contributed by atoms with Crippen LogP contribution in [0.15, 0.2) is 0 Å². The van der Waals surface area contributed by atoms with Crippen LogP contribution in [0, 0.1) is 65.2 Å². The number of halogens is 2. The van der Waals surface area contributed by atoms with Crippen molar-refractivity contribution in [2.45, 2.75) is 88.3 Å². The van der Waals surface area contributed by atoms with Crippen LogP contribution < -0.4 is 0 Å². The first-order valence-electron chi connectivity index (χ1n) is 14.5. The summed E-state index contributed by atoms with van der Waals surface area (Å²) in [7, 11) is 27.9. The minimum absolute atomic E-state index is 0. The molecule has 0 aromatic rings. The molecule has 292 valence electrons. The van der Waals surface area contributed by atoms with Gasteiger partial charge >= 0.3 is 42.1 Å². The van der Waals surface area contributed by atoms with Crippen molar-refractivity contribution in [3.63, 3.8) is 0 Å². The van der Waals surface area contributed by atoms with E-state index in [1.807, 2.05) is 27.4 Å². The Morgan fingerprint density at radius 2 is 0.963 bits per heavy atom. The second-order valence-electron chi connectivity index (χ2n) is 10.9. The molecule has 0 aromatic heterocycles. The largest absolute Gasteiger partial charge is 2.00 e. The molecule has 0 aromatic carbocycles. The maximum Gasteiger partial charge on any atom is 2.00 e. The monoisotopic (exact) mass is 1790 g/mol. The fraction of sp³-hybridized carbons (Fsp3) is 0.774. The standard InChI is InChI=1S/C7H13BO2P.3C7H12BO2.CH2I2.2CH3.2W.6Y/c1-5-3-6(4-9-11-2)10-7(5)8;1-5-3-6(4-9-2)10-7(5)8;2*1-4-6(9-3)5(2)10-7(4)8;1-3-2;;;;;;;;;;/h3,5-7,11H,4H2,1-2H3;3,5-7H,4H2,1-2H3;2*4-7H,2H2,1,3H3;1H2;2*1H3;;;;;;;;/q4*-1;;2*-1;2*+2;;;;;;/t2*5?,6-,7+;2*4?,5-,6?,7-;;;;;;;;;;;/m0011.........../s1. The summed E-state index contributed by atoms with van der Waals surface area (Å²) in [5.74, 6) is 1.18. The molecule has 15 atom stereocenters. The van der Waals surface area contributed by atoms with Gasteiger partial charge in [0.25, 0.3) is 0 Å². The van der Waals surface area contributed by atoms with Gasteiger partial charge in [0.05, 0.1) is 12.2 Å². The molecule has 4 heterocycles. The van der Waals surface area contributed by atoms with Crippen LogP contribution in [0.5, 0.6) is 0 Å². The third-order valence-corrected chi connectivity index (χ3v) is 7.93. The summed E-state index contributed by atoms with van der Waals surface area (Å²) in [4.78, 5) is 0. The first-order valence-corrected chi connectivity index (χ1v) is 23.8. The molecule has 4 fully saturated rings. The van der Waals surface area contributed by atoms with E-state index in [2.05, 4.69) is 56.7 Å². The normalized spacial score (nSPS) is 33.5. The molecule has 4 saturated heterocycles. The zero-order valence-corrected chi connectivity index (χ0v) is 62.1. The smallest absolute Gasteiger partial charge is 0.417 e. The van der Waals surface area contributed by atoms with E-state index in [-0.39, 0.29) is 326 Å². The molecule has 4 rings (SSSR count). The van der Waals surface area contributed by atoms with Crippen LogP contribution >= 0.6 is 44.2 Å². The molecule has 0 amide bonds. The molecule has 0 saturated carbocycles. The predicted molar refractivity (Wildman–Crippen MR) is 215 cm³/mol. The van der Waals surface area contributed by atoms with E-state index < -0.39 is 0 Å². The number of methoxy groups -OCH3 is 3. The molecular formula is C31H57B4I2O8PW2Y6-2. The minimum Gasteiger partial charge on any atom is -0.417 e. The summed E-state index contributed by atoms with van der Waals surface area (Å²) in [6.45, 7) is 18.9. The van der Waals surface area contributed by atoms with Gasteiger partial charge in [0.1, 0.15) is 31.4 Å². The van der Waals surface area contributed by atoms with Crippen molar-refractivity contribution >= 4 is 80.1 Å². The Labute approximate surface area is 539 Å². The average molecular weight is 1790 g/mol. The van der Waals surface area contributed by atoms with E-state index in [4.69, 9.17) is 69.1 Å². The maximum absolute atomic E-state index is 5.63. The number of hydrogen-bond acceptors (Lipinski definition) is 8. The molecule has 0 bridgehead atoms. The summed E-state index contributed by atoms with van der Waals surface area (Å²) in [6.07, 6.45) is 4.25. The topological polar surface area (TPSA) is 73.8 Å². The van der Waals surface area contributed by atoms with Crippen molar-refractivity contribution in [3.05, 3.63) is 41.5 Å². The molecule has 0 aliphatic carbocycles. The zero-order valence-electron chi connectivity index (χ0n) is 33.9. The summed E-state index contributed by atoms with van der Waals surface area (Å²) in [6, 6.07) is -0.705. The molecule has 8 nitrogen and oxygen atoms in total. The van der Waals surface area contributed by atoms with Gasteiger partial charge in [-0.3, -0.25) is 12.8 Å². The van der Waals surface area contributed by atoms with Gasteiger partial charge in [-0.05, 0) is 73.5 Å². The Morgan fingerprint density at radius 3 is 1.13 bits per heavy atom. The van der Waals surface area contributed by atoms with Crippen molar-refractivity contribution in [2.24, 2.45) is 23.7 Å². The second-order valence-corrected chi connectivity index (χ2v) is 16.0. The Hall–Kier alpha value is 9.70. The summed E-state index contributed by atoms with van der Waals surface area (Å²) in [5.41, 5.74) is 0. The summed E-state index contributed by atoms with van der Waals surface area (Å²) < 4.78 is 45.1. The summed E-state index contributed by atoms with van der Waals surface area (Å²) in [5, 5.41) is 0. The van der Waals surface area contributed by atoms with Crippen LogP contribution in [0.3, 0.4) is 0 Å².